The van der Waals surface area contributed by atoms with E-state index in [1.807, 2.05) is 0 Å². The van der Waals surface area contributed by atoms with Crippen molar-refractivity contribution < 1.29 is 49.7 Å². The first-order chi connectivity index (χ1) is 21.2. The Bertz CT molecular complexity index is 1590. The van der Waals surface area contributed by atoms with Crippen molar-refractivity contribution in [2.75, 3.05) is 6.38 Å². The molecular formula is C31H25ClF8N2O3. The van der Waals surface area contributed by atoms with Gasteiger partial charge in [0.25, 0.3) is 5.91 Å². The Morgan fingerprint density at radius 2 is 1.62 bits per heavy atom. The van der Waals surface area contributed by atoms with Gasteiger partial charge in [-0.1, -0.05) is 49.1 Å². The molecule has 0 spiro atoms. The van der Waals surface area contributed by atoms with Gasteiger partial charge in [-0.15, -0.1) is 11.6 Å². The lowest BCUT2D eigenvalue weighted by Crippen LogP contribution is -2.61. The molecule has 1 amide bonds. The van der Waals surface area contributed by atoms with Gasteiger partial charge in [-0.3, -0.25) is 9.79 Å². The minimum atomic E-state index is -5.57. The Morgan fingerprint density at radius 1 is 0.956 bits per heavy atom. The maximum Gasteiger partial charge on any atom is 0.435 e. The van der Waals surface area contributed by atoms with E-state index in [0.29, 0.717) is 18.2 Å². The number of hydrogen-bond donors (Lipinski definition) is 1. The Labute approximate surface area is 257 Å². The average molecular weight is 661 g/mol. The van der Waals surface area contributed by atoms with Gasteiger partial charge in [0.15, 0.2) is 5.75 Å². The van der Waals surface area contributed by atoms with Gasteiger partial charge < -0.3 is 10.2 Å². The van der Waals surface area contributed by atoms with E-state index in [1.165, 1.54) is 31.5 Å². The number of benzene rings is 3. The number of halogens is 9. The van der Waals surface area contributed by atoms with E-state index in [2.05, 4.69) is 28.5 Å². The molecule has 3 aromatic rings. The third kappa shape index (κ3) is 7.04. The molecule has 240 valence electrons. The summed E-state index contributed by atoms with van der Waals surface area (Å²) in [6.07, 6.45) is -6.48. The molecule has 1 aliphatic heterocycles. The molecule has 0 unspecified atom stereocenters. The van der Waals surface area contributed by atoms with E-state index in [9.17, 15) is 26.7 Å². The molecule has 14 heteroatoms. The van der Waals surface area contributed by atoms with Crippen LogP contribution in [0, 0.1) is 11.6 Å². The van der Waals surface area contributed by atoms with E-state index in [4.69, 9.17) is 9.78 Å². The molecule has 0 bridgehead atoms. The summed E-state index contributed by atoms with van der Waals surface area (Å²) in [5, 5.41) is 2.19. The number of nitrogens with zero attached hydrogens (tertiary/aromatic N) is 1. The molecule has 4 rings (SSSR count). The highest BCUT2D eigenvalue weighted by Crippen LogP contribution is 2.47. The standard InChI is InChI=1S/C30H22F8N2O3.CH3Cl/c1-3-8-25(39-4-2)27(20-13-21(29(33,34)35)15-23(32)14-20)17-18-11-12-22(31)16-24(18)42-43-28(26(41)40-27,30(36,37)38)19-9-6-5-7-10-19;1-2/h3-16H,1,17H2,2H3,(H,40,41);1H3/b25-8-,39-4?;/t27-,28+;/m1./s1. The molecule has 1 N–H and O–H groups in total. The van der Waals surface area contributed by atoms with Crippen LogP contribution in [0.5, 0.6) is 5.75 Å². The molecule has 1 heterocycles. The van der Waals surface area contributed by atoms with Crippen LogP contribution in [0.2, 0.25) is 0 Å². The summed E-state index contributed by atoms with van der Waals surface area (Å²) >= 11 is 4.64. The first kappa shape index (κ1) is 35.3. The lowest BCUT2D eigenvalue weighted by Gasteiger charge is -2.39. The minimum absolute atomic E-state index is 0.133. The lowest BCUT2D eigenvalue weighted by molar-refractivity contribution is -0.372. The Morgan fingerprint density at radius 3 is 2.20 bits per heavy atom. The second-order valence-corrected chi connectivity index (χ2v) is 9.40. The number of aliphatic imine (C=N–C) groups is 1. The molecule has 5 nitrogen and oxygen atoms in total. The molecular weight excluding hydrogens is 636 g/mol. The zero-order valence-electron chi connectivity index (χ0n) is 23.6. The average Bonchev–Trinajstić information content (AvgIpc) is 3.03. The Kier molecular flexibility index (Phi) is 10.8. The van der Waals surface area contributed by atoms with Crippen molar-refractivity contribution in [2.45, 2.75) is 36.8 Å². The van der Waals surface area contributed by atoms with E-state index >= 15 is 13.2 Å². The van der Waals surface area contributed by atoms with Gasteiger partial charge in [-0.2, -0.15) is 31.2 Å². The first-order valence-electron chi connectivity index (χ1n) is 12.8. The van der Waals surface area contributed by atoms with Crippen molar-refractivity contribution in [1.29, 1.82) is 0 Å². The van der Waals surface area contributed by atoms with E-state index in [-0.39, 0.29) is 17.3 Å². The fourth-order valence-electron chi connectivity index (χ4n) is 4.72. The predicted octanol–water partition coefficient (Wildman–Crippen LogP) is 8.34. The third-order valence-electron chi connectivity index (χ3n) is 6.67. The van der Waals surface area contributed by atoms with Crippen molar-refractivity contribution in [2.24, 2.45) is 4.99 Å². The summed E-state index contributed by atoms with van der Waals surface area (Å²) in [4.78, 5) is 28.1. The lowest BCUT2D eigenvalue weighted by atomic mass is 9.78. The van der Waals surface area contributed by atoms with Gasteiger partial charge in [-0.05, 0) is 42.8 Å². The van der Waals surface area contributed by atoms with Crippen LogP contribution in [0.15, 0.2) is 96.2 Å². The first-order valence-corrected chi connectivity index (χ1v) is 13.6. The van der Waals surface area contributed by atoms with Gasteiger partial charge in [0.05, 0.1) is 11.3 Å². The maximum atomic E-state index is 15.1. The van der Waals surface area contributed by atoms with Crippen molar-refractivity contribution >= 4 is 23.7 Å². The fraction of sp³-hybridized carbons (Fsp3) is 0.226. The highest BCUT2D eigenvalue weighted by molar-refractivity contribution is 6.15. The molecule has 45 heavy (non-hydrogen) atoms. The smallest absolute Gasteiger partial charge is 0.337 e. The largest absolute Gasteiger partial charge is 0.435 e. The summed E-state index contributed by atoms with van der Waals surface area (Å²) in [7, 11) is 0. The van der Waals surface area contributed by atoms with Crippen LogP contribution < -0.4 is 10.2 Å². The number of alkyl halides is 7. The summed E-state index contributed by atoms with van der Waals surface area (Å²) < 4.78 is 116. The van der Waals surface area contributed by atoms with Gasteiger partial charge in [0.1, 0.15) is 17.2 Å². The number of carbonyl (C=O) groups is 1. The molecule has 0 saturated carbocycles. The number of rotatable bonds is 5. The van der Waals surface area contributed by atoms with Gasteiger partial charge in [-0.25, -0.2) is 8.78 Å². The monoisotopic (exact) mass is 660 g/mol. The van der Waals surface area contributed by atoms with E-state index < -0.39 is 69.9 Å². The van der Waals surface area contributed by atoms with Crippen molar-refractivity contribution in [1.82, 2.24) is 5.32 Å². The Hall–Kier alpha value is -4.23. The normalized spacial score (nSPS) is 20.9. The third-order valence-corrected chi connectivity index (χ3v) is 6.67. The van der Waals surface area contributed by atoms with Crippen LogP contribution in [0.25, 0.3) is 0 Å². The van der Waals surface area contributed by atoms with Gasteiger partial charge >= 0.3 is 18.0 Å². The highest BCUT2D eigenvalue weighted by Gasteiger charge is 2.67. The second-order valence-electron chi connectivity index (χ2n) is 9.40. The second kappa shape index (κ2) is 13.8. The predicted molar refractivity (Wildman–Crippen MR) is 151 cm³/mol. The fourth-order valence-corrected chi connectivity index (χ4v) is 4.72. The summed E-state index contributed by atoms with van der Waals surface area (Å²) in [5.74, 6) is -4.95. The molecule has 0 aromatic heterocycles. The quantitative estimate of drug-likeness (QED) is 0.0985. The van der Waals surface area contributed by atoms with Gasteiger partial charge in [0, 0.05) is 36.2 Å². The van der Waals surface area contributed by atoms with Crippen LogP contribution in [-0.2, 0) is 33.4 Å². The number of amides is 1. The van der Waals surface area contributed by atoms with Crippen LogP contribution in [-0.4, -0.2) is 24.7 Å². The molecule has 0 radical (unpaired) electrons. The summed E-state index contributed by atoms with van der Waals surface area (Å²) in [5.41, 5.74) is -9.79. The molecule has 2 atom stereocenters. The zero-order valence-corrected chi connectivity index (χ0v) is 24.3. The van der Waals surface area contributed by atoms with Crippen LogP contribution in [0.1, 0.15) is 29.2 Å². The highest BCUT2D eigenvalue weighted by atomic mass is 35.5. The summed E-state index contributed by atoms with van der Waals surface area (Å²) in [6, 6.07) is 9.50. The minimum Gasteiger partial charge on any atom is -0.337 e. The Balaban J connectivity index is 0.00000271. The van der Waals surface area contributed by atoms with Crippen molar-refractivity contribution in [3.8, 4) is 5.75 Å². The molecule has 0 aliphatic carbocycles. The maximum absolute atomic E-state index is 15.1. The molecule has 0 fully saturated rings. The number of fused-ring (bicyclic) bond motifs is 1. The van der Waals surface area contributed by atoms with E-state index in [1.54, 1.807) is 0 Å². The number of carbonyl (C=O) groups excluding carboxylic acids is 1. The van der Waals surface area contributed by atoms with Crippen LogP contribution in [0.4, 0.5) is 35.1 Å². The number of hydrogen-bond acceptors (Lipinski definition) is 4. The summed E-state index contributed by atoms with van der Waals surface area (Å²) in [6.45, 7) is 4.93. The van der Waals surface area contributed by atoms with E-state index in [0.717, 1.165) is 42.6 Å². The SMILES string of the molecule is C=C/C=C(\N=CC)[C@]1(c2cc(F)cc(C(F)(F)F)c2)Cc2ccc(F)cc2OO[C@](c2ccccc2)(C(F)(F)F)C(=O)N1.CCl. The number of allylic oxidation sites excluding steroid dienone is 2. The van der Waals surface area contributed by atoms with Crippen molar-refractivity contribution in [3.63, 3.8) is 0 Å². The molecule has 0 saturated heterocycles. The topological polar surface area (TPSA) is 59.9 Å². The van der Waals surface area contributed by atoms with Gasteiger partial charge in [0.2, 0.25) is 0 Å². The van der Waals surface area contributed by atoms with Crippen LogP contribution >= 0.6 is 11.6 Å². The molecule has 3 aromatic carbocycles. The van der Waals surface area contributed by atoms with Crippen molar-refractivity contribution in [3.05, 3.63) is 125 Å². The van der Waals surface area contributed by atoms with Crippen LogP contribution in [0.3, 0.4) is 0 Å². The number of nitrogens with one attached hydrogen (secondary N) is 1. The zero-order chi connectivity index (χ0) is 33.6. The molecule has 1 aliphatic rings.